The number of halogens is 2. The van der Waals surface area contributed by atoms with E-state index < -0.39 is 0 Å². The first kappa shape index (κ1) is 10.1. The van der Waals surface area contributed by atoms with Gasteiger partial charge in [0.05, 0.1) is 16.1 Å². The van der Waals surface area contributed by atoms with Crippen LogP contribution in [0.15, 0.2) is 12.1 Å². The van der Waals surface area contributed by atoms with E-state index >= 15 is 0 Å². The van der Waals surface area contributed by atoms with Crippen LogP contribution in [-0.2, 0) is 6.42 Å². The molecule has 12 heavy (non-hydrogen) atoms. The zero-order valence-corrected chi connectivity index (χ0v) is 10.3. The standard InChI is InChI=1S/C8H5I2NO/c9-6-4-8(12)7(10)3-5(6)1-2-11/h3-4,12H,1H2. The first-order valence-corrected chi connectivity index (χ1v) is 5.34. The van der Waals surface area contributed by atoms with Gasteiger partial charge in [-0.05, 0) is 62.9 Å². The molecule has 0 unspecified atom stereocenters. The third kappa shape index (κ3) is 2.23. The van der Waals surface area contributed by atoms with E-state index in [-0.39, 0.29) is 5.75 Å². The van der Waals surface area contributed by atoms with Crippen LogP contribution in [0, 0.1) is 18.5 Å². The molecule has 1 N–H and O–H groups in total. The summed E-state index contributed by atoms with van der Waals surface area (Å²) in [6.45, 7) is 0. The summed E-state index contributed by atoms with van der Waals surface area (Å²) in [4.78, 5) is 0. The molecule has 0 radical (unpaired) electrons. The van der Waals surface area contributed by atoms with Gasteiger partial charge in [-0.1, -0.05) is 0 Å². The molecule has 0 fully saturated rings. The molecule has 0 aliphatic heterocycles. The fraction of sp³-hybridized carbons (Fsp3) is 0.125. The number of nitrogens with zero attached hydrogens (tertiary/aromatic N) is 1. The minimum absolute atomic E-state index is 0.279. The summed E-state index contributed by atoms with van der Waals surface area (Å²) in [5.41, 5.74) is 0.973. The molecule has 0 amide bonds. The lowest BCUT2D eigenvalue weighted by atomic mass is 10.2. The van der Waals surface area contributed by atoms with E-state index in [1.165, 1.54) is 0 Å². The van der Waals surface area contributed by atoms with Gasteiger partial charge in [0.25, 0.3) is 0 Å². The molecule has 62 valence electrons. The zero-order chi connectivity index (χ0) is 9.14. The maximum absolute atomic E-state index is 9.30. The van der Waals surface area contributed by atoms with E-state index in [0.29, 0.717) is 6.42 Å². The lowest BCUT2D eigenvalue weighted by Gasteiger charge is -2.02. The van der Waals surface area contributed by atoms with Crippen LogP contribution in [0.5, 0.6) is 5.75 Å². The molecule has 0 aliphatic carbocycles. The molecule has 1 rings (SSSR count). The Hall–Kier alpha value is -0.0300. The van der Waals surface area contributed by atoms with Crippen LogP contribution in [0.1, 0.15) is 5.56 Å². The quantitative estimate of drug-likeness (QED) is 0.756. The predicted octanol–water partition coefficient (Wildman–Crippen LogP) is 2.67. The Morgan fingerprint density at radius 3 is 2.58 bits per heavy atom. The molecule has 1 aromatic rings. The van der Waals surface area contributed by atoms with Gasteiger partial charge >= 0.3 is 0 Å². The van der Waals surface area contributed by atoms with Crippen LogP contribution in [-0.4, -0.2) is 5.11 Å². The molecule has 2 nitrogen and oxygen atoms in total. The van der Waals surface area contributed by atoms with Gasteiger partial charge < -0.3 is 5.11 Å². The normalized spacial score (nSPS) is 9.42. The van der Waals surface area contributed by atoms with Crippen molar-refractivity contribution in [3.63, 3.8) is 0 Å². The van der Waals surface area contributed by atoms with E-state index in [9.17, 15) is 5.11 Å². The van der Waals surface area contributed by atoms with Gasteiger partial charge in [-0.15, -0.1) is 0 Å². The number of phenolic OH excluding ortho intramolecular Hbond substituents is 1. The molecule has 0 saturated heterocycles. The molecule has 0 aromatic heterocycles. The highest BCUT2D eigenvalue weighted by atomic mass is 127. The van der Waals surface area contributed by atoms with Gasteiger partial charge in [0.2, 0.25) is 0 Å². The number of hydrogen-bond donors (Lipinski definition) is 1. The molecular weight excluding hydrogens is 380 g/mol. The van der Waals surface area contributed by atoms with Crippen molar-refractivity contribution in [2.75, 3.05) is 0 Å². The van der Waals surface area contributed by atoms with Crippen molar-refractivity contribution in [3.8, 4) is 11.8 Å². The van der Waals surface area contributed by atoms with E-state index in [1.807, 2.05) is 28.7 Å². The van der Waals surface area contributed by atoms with Gasteiger partial charge in [0, 0.05) is 3.57 Å². The first-order valence-electron chi connectivity index (χ1n) is 3.19. The maximum Gasteiger partial charge on any atom is 0.129 e. The van der Waals surface area contributed by atoms with Crippen molar-refractivity contribution < 1.29 is 5.11 Å². The van der Waals surface area contributed by atoms with Crippen molar-refractivity contribution in [3.05, 3.63) is 24.8 Å². The Morgan fingerprint density at radius 1 is 1.33 bits per heavy atom. The van der Waals surface area contributed by atoms with Crippen LogP contribution in [0.25, 0.3) is 0 Å². The number of aromatic hydroxyl groups is 1. The third-order valence-electron chi connectivity index (χ3n) is 1.39. The number of phenols is 1. The van der Waals surface area contributed by atoms with Crippen LogP contribution >= 0.6 is 45.2 Å². The lowest BCUT2D eigenvalue weighted by Crippen LogP contribution is -1.88. The van der Waals surface area contributed by atoms with Crippen LogP contribution in [0.3, 0.4) is 0 Å². The maximum atomic E-state index is 9.30. The van der Waals surface area contributed by atoms with Crippen molar-refractivity contribution >= 4 is 45.2 Å². The van der Waals surface area contributed by atoms with E-state index in [4.69, 9.17) is 5.26 Å². The molecule has 0 saturated carbocycles. The predicted molar refractivity (Wildman–Crippen MR) is 62.9 cm³/mol. The smallest absolute Gasteiger partial charge is 0.129 e. The second-order valence-electron chi connectivity index (χ2n) is 2.23. The molecule has 0 atom stereocenters. The van der Waals surface area contributed by atoms with Gasteiger partial charge in [-0.25, -0.2) is 0 Å². The molecule has 1 aromatic carbocycles. The minimum atomic E-state index is 0.279. The highest BCUT2D eigenvalue weighted by Gasteiger charge is 2.04. The van der Waals surface area contributed by atoms with Gasteiger partial charge in [-0.3, -0.25) is 0 Å². The Kier molecular flexibility index (Phi) is 3.58. The van der Waals surface area contributed by atoms with Crippen molar-refractivity contribution in [2.24, 2.45) is 0 Å². The summed E-state index contributed by atoms with van der Waals surface area (Å²) in [6.07, 6.45) is 0.397. The van der Waals surface area contributed by atoms with E-state index in [2.05, 4.69) is 28.7 Å². The summed E-state index contributed by atoms with van der Waals surface area (Å²) in [7, 11) is 0. The summed E-state index contributed by atoms with van der Waals surface area (Å²) >= 11 is 4.16. The summed E-state index contributed by atoms with van der Waals surface area (Å²) in [5, 5.41) is 17.8. The topological polar surface area (TPSA) is 44.0 Å². The van der Waals surface area contributed by atoms with E-state index in [1.54, 1.807) is 6.07 Å². The minimum Gasteiger partial charge on any atom is -0.507 e. The van der Waals surface area contributed by atoms with Crippen LogP contribution < -0.4 is 0 Å². The average molecular weight is 385 g/mol. The van der Waals surface area contributed by atoms with Crippen molar-refractivity contribution in [2.45, 2.75) is 6.42 Å². The Balaban J connectivity index is 3.16. The number of benzene rings is 1. The average Bonchev–Trinajstić information content (AvgIpc) is 2.01. The first-order chi connectivity index (χ1) is 5.65. The fourth-order valence-electron chi connectivity index (χ4n) is 0.798. The fourth-order valence-corrected chi connectivity index (χ4v) is 1.97. The summed E-state index contributed by atoms with van der Waals surface area (Å²) < 4.78 is 1.73. The molecule has 0 aliphatic rings. The molecule has 0 bridgehead atoms. The van der Waals surface area contributed by atoms with Crippen LogP contribution in [0.2, 0.25) is 0 Å². The number of hydrogen-bond acceptors (Lipinski definition) is 2. The Morgan fingerprint density at radius 2 is 2.00 bits per heavy atom. The van der Waals surface area contributed by atoms with Crippen LogP contribution in [0.4, 0.5) is 0 Å². The monoisotopic (exact) mass is 385 g/mol. The summed E-state index contributed by atoms with van der Waals surface area (Å²) in [5.74, 6) is 0.279. The number of nitriles is 1. The molecule has 0 heterocycles. The molecular formula is C8H5I2NO. The SMILES string of the molecule is N#CCc1cc(I)c(O)cc1I. The molecule has 0 spiro atoms. The largest absolute Gasteiger partial charge is 0.507 e. The number of rotatable bonds is 1. The lowest BCUT2D eigenvalue weighted by molar-refractivity contribution is 0.471. The second-order valence-corrected chi connectivity index (χ2v) is 4.55. The summed E-state index contributed by atoms with van der Waals surface area (Å²) in [6, 6.07) is 5.59. The Bertz CT molecular complexity index is 344. The molecule has 4 heteroatoms. The van der Waals surface area contributed by atoms with Gasteiger partial charge in [-0.2, -0.15) is 5.26 Å². The highest BCUT2D eigenvalue weighted by Crippen LogP contribution is 2.25. The highest BCUT2D eigenvalue weighted by molar-refractivity contribution is 14.1. The van der Waals surface area contributed by atoms with Crippen molar-refractivity contribution in [1.82, 2.24) is 0 Å². The van der Waals surface area contributed by atoms with Crippen molar-refractivity contribution in [1.29, 1.82) is 5.26 Å². The van der Waals surface area contributed by atoms with E-state index in [0.717, 1.165) is 12.7 Å². The third-order valence-corrected chi connectivity index (χ3v) is 3.25. The second kappa shape index (κ2) is 4.28. The van der Waals surface area contributed by atoms with Gasteiger partial charge in [0.1, 0.15) is 5.75 Å². The van der Waals surface area contributed by atoms with Gasteiger partial charge in [0.15, 0.2) is 0 Å². The Labute approximate surface area is 97.9 Å². The zero-order valence-electron chi connectivity index (χ0n) is 6.01.